The van der Waals surface area contributed by atoms with E-state index < -0.39 is 29.2 Å². The van der Waals surface area contributed by atoms with Crippen LogP contribution in [-0.2, 0) is 14.3 Å². The summed E-state index contributed by atoms with van der Waals surface area (Å²) in [6.07, 6.45) is 0. The Bertz CT molecular complexity index is 782. The predicted molar refractivity (Wildman–Crippen MR) is 89.8 cm³/mol. The Kier molecular flexibility index (Phi) is 6.47. The number of nitro groups is 1. The van der Waals surface area contributed by atoms with Crippen LogP contribution in [0.1, 0.15) is 0 Å². The molecule has 2 rings (SSSR count). The number of nitrogens with zero attached hydrogens (tertiary/aromatic N) is 1. The lowest BCUT2D eigenvalue weighted by Crippen LogP contribution is -2.21. The van der Waals surface area contributed by atoms with Crippen molar-refractivity contribution < 1.29 is 23.6 Å². The van der Waals surface area contributed by atoms with Crippen molar-refractivity contribution in [2.45, 2.75) is 4.90 Å². The molecule has 7 nitrogen and oxygen atoms in total. The fourth-order valence-electron chi connectivity index (χ4n) is 1.78. The van der Waals surface area contributed by atoms with Gasteiger partial charge in [-0.1, -0.05) is 12.1 Å². The molecule has 25 heavy (non-hydrogen) atoms. The van der Waals surface area contributed by atoms with Crippen LogP contribution in [0.5, 0.6) is 0 Å². The van der Waals surface area contributed by atoms with Gasteiger partial charge in [-0.2, -0.15) is 0 Å². The minimum absolute atomic E-state index is 0.102. The molecule has 1 amide bonds. The standard InChI is InChI=1S/C16H13FN2O5S/c17-11-5-7-12(8-6-11)18-15(20)9-24-16(21)10-25-14-4-2-1-3-13(14)19(22)23/h1-8H,9-10H2,(H,18,20). The lowest BCUT2D eigenvalue weighted by Gasteiger charge is -2.07. The molecule has 2 aromatic carbocycles. The number of esters is 1. The van der Waals surface area contributed by atoms with Crippen molar-refractivity contribution in [1.29, 1.82) is 0 Å². The molecule has 0 radical (unpaired) electrons. The number of ether oxygens (including phenoxy) is 1. The van der Waals surface area contributed by atoms with E-state index in [1.165, 1.54) is 42.5 Å². The van der Waals surface area contributed by atoms with E-state index >= 15 is 0 Å². The Balaban J connectivity index is 1.78. The fourth-order valence-corrected chi connectivity index (χ4v) is 2.61. The van der Waals surface area contributed by atoms with Crippen LogP contribution in [0, 0.1) is 15.9 Å². The molecule has 0 atom stereocenters. The number of hydrogen-bond acceptors (Lipinski definition) is 6. The Hall–Kier alpha value is -2.94. The third-order valence-corrected chi connectivity index (χ3v) is 3.94. The smallest absolute Gasteiger partial charge is 0.316 e. The molecule has 0 unspecified atom stereocenters. The maximum absolute atomic E-state index is 12.8. The largest absolute Gasteiger partial charge is 0.455 e. The molecule has 0 aliphatic carbocycles. The Morgan fingerprint density at radius 3 is 2.52 bits per heavy atom. The molecule has 0 bridgehead atoms. The fraction of sp³-hybridized carbons (Fsp3) is 0.125. The third kappa shape index (κ3) is 5.88. The van der Waals surface area contributed by atoms with Crippen molar-refractivity contribution in [3.05, 3.63) is 64.5 Å². The number of nitrogens with one attached hydrogen (secondary N) is 1. The van der Waals surface area contributed by atoms with Crippen molar-refractivity contribution >= 4 is 35.0 Å². The molecule has 0 spiro atoms. The molecule has 1 N–H and O–H groups in total. The average Bonchev–Trinajstić information content (AvgIpc) is 2.60. The van der Waals surface area contributed by atoms with Crippen molar-refractivity contribution in [1.82, 2.24) is 0 Å². The molecule has 0 saturated carbocycles. The van der Waals surface area contributed by atoms with Gasteiger partial charge in [0.25, 0.3) is 11.6 Å². The van der Waals surface area contributed by atoms with Crippen molar-refractivity contribution in [2.24, 2.45) is 0 Å². The minimum atomic E-state index is -0.683. The van der Waals surface area contributed by atoms with Crippen LogP contribution in [0.25, 0.3) is 0 Å². The zero-order valence-electron chi connectivity index (χ0n) is 12.8. The molecular weight excluding hydrogens is 351 g/mol. The SMILES string of the molecule is O=C(COC(=O)CSc1ccccc1[N+](=O)[O-])Nc1ccc(F)cc1. The van der Waals surface area contributed by atoms with Gasteiger partial charge in [0.1, 0.15) is 5.82 Å². The van der Waals surface area contributed by atoms with Gasteiger partial charge in [0.15, 0.2) is 6.61 Å². The number of halogens is 1. The van der Waals surface area contributed by atoms with E-state index in [1.807, 2.05) is 0 Å². The third-order valence-electron chi connectivity index (χ3n) is 2.90. The van der Waals surface area contributed by atoms with Crippen LogP contribution in [0.2, 0.25) is 0 Å². The van der Waals surface area contributed by atoms with Gasteiger partial charge in [0.05, 0.1) is 15.6 Å². The number of carbonyl (C=O) groups is 2. The summed E-state index contributed by atoms with van der Waals surface area (Å²) in [5.41, 5.74) is 0.270. The normalized spacial score (nSPS) is 10.1. The van der Waals surface area contributed by atoms with E-state index in [9.17, 15) is 24.1 Å². The summed E-state index contributed by atoms with van der Waals surface area (Å²) < 4.78 is 17.6. The highest BCUT2D eigenvalue weighted by Gasteiger charge is 2.15. The summed E-state index contributed by atoms with van der Waals surface area (Å²) in [6.45, 7) is -0.506. The van der Waals surface area contributed by atoms with Gasteiger partial charge in [-0.15, -0.1) is 11.8 Å². The molecule has 0 fully saturated rings. The summed E-state index contributed by atoms with van der Waals surface area (Å²) in [5.74, 6) is -1.86. The van der Waals surface area contributed by atoms with Crippen LogP contribution in [0.15, 0.2) is 53.4 Å². The lowest BCUT2D eigenvalue weighted by atomic mass is 10.3. The van der Waals surface area contributed by atoms with Crippen LogP contribution >= 0.6 is 11.8 Å². The second kappa shape index (κ2) is 8.78. The number of amides is 1. The first-order valence-electron chi connectivity index (χ1n) is 7.03. The number of benzene rings is 2. The molecular formula is C16H13FN2O5S. The second-order valence-electron chi connectivity index (χ2n) is 4.73. The first-order valence-corrected chi connectivity index (χ1v) is 8.01. The first-order chi connectivity index (χ1) is 12.0. The van der Waals surface area contributed by atoms with E-state index in [0.717, 1.165) is 11.8 Å². The Labute approximate surface area is 146 Å². The topological polar surface area (TPSA) is 98.5 Å². The predicted octanol–water partition coefficient (Wildman–Crippen LogP) is 3.01. The maximum atomic E-state index is 12.8. The first kappa shape index (κ1) is 18.4. The number of para-hydroxylation sites is 1. The van der Waals surface area contributed by atoms with E-state index in [4.69, 9.17) is 4.74 Å². The molecule has 2 aromatic rings. The van der Waals surface area contributed by atoms with Crippen LogP contribution in [0.3, 0.4) is 0 Å². The molecule has 9 heteroatoms. The monoisotopic (exact) mass is 364 g/mol. The van der Waals surface area contributed by atoms with Crippen molar-refractivity contribution in [3.8, 4) is 0 Å². The molecule has 0 aliphatic heterocycles. The van der Waals surface area contributed by atoms with E-state index in [2.05, 4.69) is 5.32 Å². The Morgan fingerprint density at radius 2 is 1.84 bits per heavy atom. The number of hydrogen-bond donors (Lipinski definition) is 1. The number of nitro benzene ring substituents is 1. The summed E-state index contributed by atoms with van der Waals surface area (Å²) in [7, 11) is 0. The zero-order chi connectivity index (χ0) is 18.2. The highest BCUT2D eigenvalue weighted by Crippen LogP contribution is 2.28. The van der Waals surface area contributed by atoms with Crippen molar-refractivity contribution in [3.63, 3.8) is 0 Å². The molecule has 0 heterocycles. The molecule has 0 aromatic heterocycles. The van der Waals surface area contributed by atoms with Gasteiger partial charge in [0, 0.05) is 11.8 Å². The number of thioether (sulfide) groups is 1. The maximum Gasteiger partial charge on any atom is 0.316 e. The van der Waals surface area contributed by atoms with Crippen LogP contribution in [-0.4, -0.2) is 29.2 Å². The van der Waals surface area contributed by atoms with Gasteiger partial charge in [-0.25, -0.2) is 4.39 Å². The summed E-state index contributed by atoms with van der Waals surface area (Å²) in [6, 6.07) is 11.1. The van der Waals surface area contributed by atoms with E-state index in [0.29, 0.717) is 10.6 Å². The van der Waals surface area contributed by atoms with Gasteiger partial charge in [-0.05, 0) is 30.3 Å². The quantitative estimate of drug-likeness (QED) is 0.351. The highest BCUT2D eigenvalue weighted by atomic mass is 32.2. The number of carbonyl (C=O) groups excluding carboxylic acids is 2. The highest BCUT2D eigenvalue weighted by molar-refractivity contribution is 8.00. The van der Waals surface area contributed by atoms with Gasteiger partial charge < -0.3 is 10.1 Å². The van der Waals surface area contributed by atoms with Gasteiger partial charge >= 0.3 is 5.97 Å². The van der Waals surface area contributed by atoms with E-state index in [1.54, 1.807) is 6.07 Å². The zero-order valence-corrected chi connectivity index (χ0v) is 13.6. The summed E-state index contributed by atoms with van der Waals surface area (Å²) >= 11 is 0.951. The Morgan fingerprint density at radius 1 is 1.16 bits per heavy atom. The van der Waals surface area contributed by atoms with E-state index in [-0.39, 0.29) is 11.4 Å². The van der Waals surface area contributed by atoms with Gasteiger partial charge in [-0.3, -0.25) is 19.7 Å². The van der Waals surface area contributed by atoms with Crippen LogP contribution in [0.4, 0.5) is 15.8 Å². The number of rotatable bonds is 7. The second-order valence-corrected chi connectivity index (χ2v) is 5.75. The molecule has 130 valence electrons. The van der Waals surface area contributed by atoms with Gasteiger partial charge in [0.2, 0.25) is 0 Å². The molecule has 0 saturated heterocycles. The van der Waals surface area contributed by atoms with Crippen LogP contribution < -0.4 is 5.32 Å². The number of anilines is 1. The average molecular weight is 364 g/mol. The molecule has 0 aliphatic rings. The summed E-state index contributed by atoms with van der Waals surface area (Å²) in [5, 5.41) is 13.3. The minimum Gasteiger partial charge on any atom is -0.455 e. The lowest BCUT2D eigenvalue weighted by molar-refractivity contribution is -0.387. The van der Waals surface area contributed by atoms with Crippen molar-refractivity contribution in [2.75, 3.05) is 17.7 Å². The summed E-state index contributed by atoms with van der Waals surface area (Å²) in [4.78, 5) is 34.0.